The topological polar surface area (TPSA) is 61.8 Å². The molecule has 128 valence electrons. The number of nitrogens with one attached hydrogen (secondary N) is 1. The molecule has 1 atom stereocenters. The lowest BCUT2D eigenvalue weighted by Crippen LogP contribution is -2.45. The van der Waals surface area contributed by atoms with Crippen molar-refractivity contribution >= 4 is 6.03 Å². The third-order valence-corrected chi connectivity index (χ3v) is 4.08. The zero-order chi connectivity index (χ0) is 16.8. The van der Waals surface area contributed by atoms with Gasteiger partial charge in [-0.25, -0.2) is 4.79 Å². The Hall–Kier alpha value is -1.89. The Bertz CT molecular complexity index is 520. The molecule has 1 fully saturated rings. The van der Waals surface area contributed by atoms with E-state index in [9.17, 15) is 13.6 Å². The van der Waals surface area contributed by atoms with E-state index >= 15 is 0 Å². The van der Waals surface area contributed by atoms with Gasteiger partial charge in [0.1, 0.15) is 5.75 Å². The van der Waals surface area contributed by atoms with Gasteiger partial charge in [-0.15, -0.1) is 0 Å². The van der Waals surface area contributed by atoms with Crippen LogP contribution < -0.4 is 10.1 Å². The van der Waals surface area contributed by atoms with E-state index < -0.39 is 6.61 Å². The van der Waals surface area contributed by atoms with Crippen LogP contribution in [-0.4, -0.2) is 42.3 Å². The fourth-order valence-corrected chi connectivity index (χ4v) is 2.64. The van der Waals surface area contributed by atoms with Gasteiger partial charge in [0.25, 0.3) is 0 Å². The number of carbonyl (C=O) groups is 1. The van der Waals surface area contributed by atoms with Crippen molar-refractivity contribution in [3.8, 4) is 5.75 Å². The molecule has 2 amide bonds. The van der Waals surface area contributed by atoms with Crippen LogP contribution in [0, 0.1) is 5.92 Å². The number of halogens is 2. The molecule has 23 heavy (non-hydrogen) atoms. The molecule has 0 saturated carbocycles. The van der Waals surface area contributed by atoms with Gasteiger partial charge < -0.3 is 20.1 Å². The molecule has 2 rings (SSSR count). The molecule has 2 N–H and O–H groups in total. The number of aliphatic hydroxyl groups excluding tert-OH is 1. The lowest BCUT2D eigenvalue weighted by molar-refractivity contribution is -0.0499. The van der Waals surface area contributed by atoms with Crippen LogP contribution in [0.3, 0.4) is 0 Å². The molecule has 1 aromatic rings. The highest BCUT2D eigenvalue weighted by Crippen LogP contribution is 2.22. The smallest absolute Gasteiger partial charge is 0.387 e. The number of nitrogens with zero attached hydrogens (tertiary/aromatic N) is 1. The monoisotopic (exact) mass is 328 g/mol. The second kappa shape index (κ2) is 8.10. The Morgan fingerprint density at radius 3 is 2.74 bits per heavy atom. The molecule has 1 saturated heterocycles. The number of piperidine rings is 1. The van der Waals surface area contributed by atoms with Gasteiger partial charge in [-0.05, 0) is 43.4 Å². The largest absolute Gasteiger partial charge is 0.435 e. The number of amides is 2. The minimum Gasteiger partial charge on any atom is -0.435 e. The zero-order valence-electron chi connectivity index (χ0n) is 13.0. The standard InChI is InChI=1S/C16H22F2N2O3/c1-11(13-3-2-4-14(9-13)23-15(17)18)19-16(22)20-7-5-12(10-21)6-8-20/h2-4,9,11-12,15,21H,5-8,10H2,1H3,(H,19,22). The van der Waals surface area contributed by atoms with Crippen LogP contribution in [-0.2, 0) is 0 Å². The first-order chi connectivity index (χ1) is 11.0. The maximum absolute atomic E-state index is 12.3. The van der Waals surface area contributed by atoms with Crippen LogP contribution in [0.5, 0.6) is 5.75 Å². The molecular formula is C16H22F2N2O3. The highest BCUT2D eigenvalue weighted by atomic mass is 19.3. The lowest BCUT2D eigenvalue weighted by Gasteiger charge is -2.32. The number of hydrogen-bond acceptors (Lipinski definition) is 3. The molecule has 7 heteroatoms. The number of hydrogen-bond donors (Lipinski definition) is 2. The minimum atomic E-state index is -2.87. The van der Waals surface area contributed by atoms with Gasteiger partial charge in [0.15, 0.2) is 0 Å². The van der Waals surface area contributed by atoms with Crippen molar-refractivity contribution < 1.29 is 23.4 Å². The first-order valence-electron chi connectivity index (χ1n) is 7.70. The van der Waals surface area contributed by atoms with Crippen LogP contribution in [0.25, 0.3) is 0 Å². The van der Waals surface area contributed by atoms with Crippen LogP contribution >= 0.6 is 0 Å². The summed E-state index contributed by atoms with van der Waals surface area (Å²) in [6, 6.07) is 5.80. The van der Waals surface area contributed by atoms with E-state index in [0.29, 0.717) is 18.7 Å². The van der Waals surface area contributed by atoms with E-state index in [2.05, 4.69) is 10.1 Å². The van der Waals surface area contributed by atoms with Crippen LogP contribution in [0.4, 0.5) is 13.6 Å². The number of ether oxygens (including phenoxy) is 1. The molecule has 1 aromatic carbocycles. The normalized spacial score (nSPS) is 17.2. The van der Waals surface area contributed by atoms with Crippen LogP contribution in [0.1, 0.15) is 31.4 Å². The molecular weight excluding hydrogens is 306 g/mol. The first kappa shape index (κ1) is 17.5. The fraction of sp³-hybridized carbons (Fsp3) is 0.562. The second-order valence-corrected chi connectivity index (χ2v) is 5.74. The molecule has 0 aliphatic carbocycles. The zero-order valence-corrected chi connectivity index (χ0v) is 13.0. The van der Waals surface area contributed by atoms with E-state index in [-0.39, 0.29) is 30.3 Å². The molecule has 0 aromatic heterocycles. The predicted octanol–water partition coefficient (Wildman–Crippen LogP) is 2.76. The number of rotatable bonds is 5. The maximum Gasteiger partial charge on any atom is 0.387 e. The summed E-state index contributed by atoms with van der Waals surface area (Å²) in [7, 11) is 0. The molecule has 0 bridgehead atoms. The van der Waals surface area contributed by atoms with E-state index in [1.54, 1.807) is 24.0 Å². The van der Waals surface area contributed by atoms with Gasteiger partial charge in [-0.2, -0.15) is 8.78 Å². The van der Waals surface area contributed by atoms with Crippen molar-refractivity contribution in [2.45, 2.75) is 32.4 Å². The average molecular weight is 328 g/mol. The Labute approximate surface area is 134 Å². The van der Waals surface area contributed by atoms with E-state index in [1.807, 2.05) is 0 Å². The summed E-state index contributed by atoms with van der Waals surface area (Å²) in [6.07, 6.45) is 1.58. The van der Waals surface area contributed by atoms with Crippen molar-refractivity contribution in [3.63, 3.8) is 0 Å². The third-order valence-electron chi connectivity index (χ3n) is 4.08. The molecule has 0 spiro atoms. The fourth-order valence-electron chi connectivity index (χ4n) is 2.64. The Morgan fingerprint density at radius 1 is 1.43 bits per heavy atom. The van der Waals surface area contributed by atoms with Gasteiger partial charge >= 0.3 is 12.6 Å². The SMILES string of the molecule is CC(NC(=O)N1CCC(CO)CC1)c1cccc(OC(F)F)c1. The number of likely N-dealkylation sites (tertiary alicyclic amines) is 1. The minimum absolute atomic E-state index is 0.0716. The number of urea groups is 1. The molecule has 5 nitrogen and oxygen atoms in total. The summed E-state index contributed by atoms with van der Waals surface area (Å²) < 4.78 is 28.9. The van der Waals surface area contributed by atoms with Crippen LogP contribution in [0.15, 0.2) is 24.3 Å². The highest BCUT2D eigenvalue weighted by molar-refractivity contribution is 5.74. The van der Waals surface area contributed by atoms with Gasteiger partial charge in [0, 0.05) is 19.7 Å². The van der Waals surface area contributed by atoms with E-state index in [1.165, 1.54) is 12.1 Å². The number of alkyl halides is 2. The third kappa shape index (κ3) is 5.06. The Morgan fingerprint density at radius 2 is 2.13 bits per heavy atom. The van der Waals surface area contributed by atoms with Crippen molar-refractivity contribution in [3.05, 3.63) is 29.8 Å². The summed E-state index contributed by atoms with van der Waals surface area (Å²) >= 11 is 0. The van der Waals surface area contributed by atoms with Gasteiger partial charge in [0.2, 0.25) is 0 Å². The summed E-state index contributed by atoms with van der Waals surface area (Å²) in [5.74, 6) is 0.335. The molecule has 1 aliphatic heterocycles. The molecule has 0 radical (unpaired) electrons. The summed E-state index contributed by atoms with van der Waals surface area (Å²) in [6.45, 7) is 0.294. The average Bonchev–Trinajstić information content (AvgIpc) is 2.54. The molecule has 1 unspecified atom stereocenters. The highest BCUT2D eigenvalue weighted by Gasteiger charge is 2.23. The molecule has 1 heterocycles. The Balaban J connectivity index is 1.91. The van der Waals surface area contributed by atoms with Crippen molar-refractivity contribution in [1.29, 1.82) is 0 Å². The molecule has 1 aliphatic rings. The summed E-state index contributed by atoms with van der Waals surface area (Å²) in [5.41, 5.74) is 0.696. The second-order valence-electron chi connectivity index (χ2n) is 5.74. The van der Waals surface area contributed by atoms with Gasteiger partial charge in [0.05, 0.1) is 6.04 Å². The van der Waals surface area contributed by atoms with Gasteiger partial charge in [-0.3, -0.25) is 0 Å². The maximum atomic E-state index is 12.3. The van der Waals surface area contributed by atoms with E-state index in [4.69, 9.17) is 5.11 Å². The summed E-state index contributed by atoms with van der Waals surface area (Å²) in [5, 5.41) is 12.0. The van der Waals surface area contributed by atoms with Gasteiger partial charge in [-0.1, -0.05) is 12.1 Å². The number of aliphatic hydroxyl groups is 1. The van der Waals surface area contributed by atoms with Crippen LogP contribution in [0.2, 0.25) is 0 Å². The summed E-state index contributed by atoms with van der Waals surface area (Å²) in [4.78, 5) is 14.0. The predicted molar refractivity (Wildman–Crippen MR) is 81.4 cm³/mol. The van der Waals surface area contributed by atoms with Crippen molar-refractivity contribution in [2.75, 3.05) is 19.7 Å². The number of carbonyl (C=O) groups excluding carboxylic acids is 1. The first-order valence-corrected chi connectivity index (χ1v) is 7.70. The lowest BCUT2D eigenvalue weighted by atomic mass is 9.98. The van der Waals surface area contributed by atoms with Crippen molar-refractivity contribution in [2.24, 2.45) is 5.92 Å². The quantitative estimate of drug-likeness (QED) is 0.874. The van der Waals surface area contributed by atoms with E-state index in [0.717, 1.165) is 12.8 Å². The van der Waals surface area contributed by atoms with Crippen molar-refractivity contribution in [1.82, 2.24) is 10.2 Å². The number of benzene rings is 1. The Kier molecular flexibility index (Phi) is 6.15.